The molecule has 9 heteroatoms. The molecule has 2 amide bonds. The summed E-state index contributed by atoms with van der Waals surface area (Å²) in [5.41, 5.74) is 5.44. The highest BCUT2D eigenvalue weighted by Crippen LogP contribution is 2.30. The second kappa shape index (κ2) is 8.53. The van der Waals surface area contributed by atoms with Gasteiger partial charge in [0, 0.05) is 5.56 Å². The first-order valence-corrected chi connectivity index (χ1v) is 8.52. The number of amides is 2. The van der Waals surface area contributed by atoms with Gasteiger partial charge >= 0.3 is 0 Å². The van der Waals surface area contributed by atoms with Gasteiger partial charge in [-0.2, -0.15) is 0 Å². The Hall–Kier alpha value is -3.39. The lowest BCUT2D eigenvalue weighted by atomic mass is 10.1. The predicted molar refractivity (Wildman–Crippen MR) is 99.2 cm³/mol. The van der Waals surface area contributed by atoms with Crippen molar-refractivity contribution in [1.29, 1.82) is 0 Å². The van der Waals surface area contributed by atoms with E-state index in [1.165, 1.54) is 24.3 Å². The van der Waals surface area contributed by atoms with E-state index in [0.29, 0.717) is 16.3 Å². The molecule has 0 unspecified atom stereocenters. The predicted octanol–water partition coefficient (Wildman–Crippen LogP) is 3.28. The highest BCUT2D eigenvalue weighted by atomic mass is 35.5. The molecule has 0 radical (unpaired) electrons. The van der Waals surface area contributed by atoms with Gasteiger partial charge in [-0.25, -0.2) is 4.39 Å². The lowest BCUT2D eigenvalue weighted by Gasteiger charge is -2.09. The zero-order chi connectivity index (χ0) is 20.1. The fourth-order valence-electron chi connectivity index (χ4n) is 2.38. The number of hydrazine groups is 1. The molecule has 3 rings (SSSR count). The topological polar surface area (TPSA) is 93.5 Å². The number of aryl methyl sites for hydroxylation is 1. The molecule has 2 aromatic carbocycles. The van der Waals surface area contributed by atoms with Gasteiger partial charge in [0.05, 0.1) is 5.02 Å². The molecule has 28 heavy (non-hydrogen) atoms. The number of carbonyl (C=O) groups is 2. The van der Waals surface area contributed by atoms with Crippen LogP contribution in [0.15, 0.2) is 53.1 Å². The lowest BCUT2D eigenvalue weighted by molar-refractivity contribution is -0.123. The van der Waals surface area contributed by atoms with Gasteiger partial charge in [0.15, 0.2) is 6.61 Å². The van der Waals surface area contributed by atoms with Crippen LogP contribution in [0.3, 0.4) is 0 Å². The molecule has 1 heterocycles. The van der Waals surface area contributed by atoms with E-state index < -0.39 is 17.6 Å². The molecule has 7 nitrogen and oxygen atoms in total. The average molecular weight is 404 g/mol. The van der Waals surface area contributed by atoms with E-state index in [2.05, 4.69) is 16.0 Å². The number of nitrogens with one attached hydrogen (secondary N) is 2. The molecule has 144 valence electrons. The number of ether oxygens (including phenoxy) is 1. The molecule has 0 aliphatic carbocycles. The summed E-state index contributed by atoms with van der Waals surface area (Å²) in [4.78, 5) is 24.4. The van der Waals surface area contributed by atoms with E-state index in [4.69, 9.17) is 20.9 Å². The quantitative estimate of drug-likeness (QED) is 0.638. The Morgan fingerprint density at radius 3 is 2.57 bits per heavy atom. The normalized spacial score (nSPS) is 10.4. The van der Waals surface area contributed by atoms with Crippen molar-refractivity contribution in [3.63, 3.8) is 0 Å². The lowest BCUT2D eigenvalue weighted by Crippen LogP contribution is -2.44. The molecule has 0 fully saturated rings. The van der Waals surface area contributed by atoms with Crippen LogP contribution in [-0.4, -0.2) is 23.6 Å². The smallest absolute Gasteiger partial charge is 0.276 e. The van der Waals surface area contributed by atoms with Crippen molar-refractivity contribution < 1.29 is 23.2 Å². The molecule has 2 N–H and O–H groups in total. The third-order valence-electron chi connectivity index (χ3n) is 3.72. The second-order valence-electron chi connectivity index (χ2n) is 5.69. The maximum atomic E-state index is 12.8. The van der Waals surface area contributed by atoms with Crippen LogP contribution in [-0.2, 0) is 4.79 Å². The Balaban J connectivity index is 1.62. The third-order valence-corrected chi connectivity index (χ3v) is 4.05. The minimum atomic E-state index is -0.621. The molecule has 0 atom stereocenters. The number of rotatable bonds is 5. The number of nitrogens with zero attached hydrogens (tertiary/aromatic N) is 1. The minimum Gasteiger partial charge on any atom is -0.484 e. The van der Waals surface area contributed by atoms with Gasteiger partial charge in [0.1, 0.15) is 28.6 Å². The fraction of sp³-hybridized carbons (Fsp3) is 0.105. The van der Waals surface area contributed by atoms with Gasteiger partial charge < -0.3 is 9.26 Å². The Morgan fingerprint density at radius 2 is 1.86 bits per heavy atom. The third kappa shape index (κ3) is 4.47. The maximum Gasteiger partial charge on any atom is 0.276 e. The Kier molecular flexibility index (Phi) is 5.90. The summed E-state index contributed by atoms with van der Waals surface area (Å²) in [6, 6.07) is 12.1. The highest BCUT2D eigenvalue weighted by molar-refractivity contribution is 6.33. The summed E-state index contributed by atoms with van der Waals surface area (Å²) >= 11 is 6.16. The highest BCUT2D eigenvalue weighted by Gasteiger charge is 2.23. The zero-order valence-corrected chi connectivity index (χ0v) is 15.4. The van der Waals surface area contributed by atoms with Crippen molar-refractivity contribution in [2.45, 2.75) is 6.92 Å². The number of hydrogen-bond acceptors (Lipinski definition) is 5. The van der Waals surface area contributed by atoms with E-state index in [1.54, 1.807) is 31.2 Å². The monoisotopic (exact) mass is 403 g/mol. The largest absolute Gasteiger partial charge is 0.484 e. The fourth-order valence-corrected chi connectivity index (χ4v) is 2.61. The van der Waals surface area contributed by atoms with Gasteiger partial charge in [0.2, 0.25) is 0 Å². The molecule has 0 aliphatic heterocycles. The standard InChI is InChI=1S/C19H15ClFN3O4/c1-11-17(18(24-28-11)14-4-2-3-5-15(14)20)19(26)23-22-16(25)10-27-13-8-6-12(21)7-9-13/h2-9H,10H2,1H3,(H,22,25)(H,23,26). The summed E-state index contributed by atoms with van der Waals surface area (Å²) in [5, 5.41) is 4.29. The second-order valence-corrected chi connectivity index (χ2v) is 6.09. The first-order valence-electron chi connectivity index (χ1n) is 8.14. The molecule has 0 bridgehead atoms. The maximum absolute atomic E-state index is 12.8. The van der Waals surface area contributed by atoms with Crippen molar-refractivity contribution in [1.82, 2.24) is 16.0 Å². The molecule has 1 aromatic heterocycles. The zero-order valence-electron chi connectivity index (χ0n) is 14.7. The summed E-state index contributed by atoms with van der Waals surface area (Å²) in [6.45, 7) is 1.20. The van der Waals surface area contributed by atoms with Crippen LogP contribution in [0.25, 0.3) is 11.3 Å². The Labute approximate surface area is 164 Å². The first kappa shape index (κ1) is 19.4. The van der Waals surface area contributed by atoms with Gasteiger partial charge in [-0.15, -0.1) is 0 Å². The number of halogens is 2. The summed E-state index contributed by atoms with van der Waals surface area (Å²) in [6.07, 6.45) is 0. The number of aromatic nitrogens is 1. The Morgan fingerprint density at radius 1 is 1.14 bits per heavy atom. The first-order chi connectivity index (χ1) is 13.5. The van der Waals surface area contributed by atoms with Gasteiger partial charge in [-0.3, -0.25) is 20.4 Å². The minimum absolute atomic E-state index is 0.146. The van der Waals surface area contributed by atoms with E-state index >= 15 is 0 Å². The molecular formula is C19H15ClFN3O4. The molecule has 0 spiro atoms. The van der Waals surface area contributed by atoms with E-state index in [0.717, 1.165) is 0 Å². The SMILES string of the molecule is Cc1onc(-c2ccccc2Cl)c1C(=O)NNC(=O)COc1ccc(F)cc1. The number of hydrogen-bond donors (Lipinski definition) is 2. The molecule has 3 aromatic rings. The number of carbonyl (C=O) groups excluding carboxylic acids is 2. The summed E-state index contributed by atoms with van der Waals surface area (Å²) in [7, 11) is 0. The van der Waals surface area contributed by atoms with Crippen molar-refractivity contribution in [2.24, 2.45) is 0 Å². The summed E-state index contributed by atoms with van der Waals surface area (Å²) < 4.78 is 23.1. The van der Waals surface area contributed by atoms with E-state index in [1.807, 2.05) is 0 Å². The van der Waals surface area contributed by atoms with Crippen LogP contribution in [0.2, 0.25) is 5.02 Å². The summed E-state index contributed by atoms with van der Waals surface area (Å²) in [5.74, 6) is -1.06. The molecule has 0 saturated heterocycles. The van der Waals surface area contributed by atoms with Crippen LogP contribution in [0.5, 0.6) is 5.75 Å². The molecule has 0 saturated carbocycles. The van der Waals surface area contributed by atoms with E-state index in [-0.39, 0.29) is 23.6 Å². The van der Waals surface area contributed by atoms with E-state index in [9.17, 15) is 14.0 Å². The van der Waals surface area contributed by atoms with Crippen LogP contribution in [0, 0.1) is 12.7 Å². The van der Waals surface area contributed by atoms with Crippen molar-refractivity contribution in [3.8, 4) is 17.0 Å². The average Bonchev–Trinajstić information content (AvgIpc) is 3.07. The van der Waals surface area contributed by atoms with Gasteiger partial charge in [-0.05, 0) is 37.3 Å². The van der Waals surface area contributed by atoms with Crippen molar-refractivity contribution >= 4 is 23.4 Å². The van der Waals surface area contributed by atoms with Crippen molar-refractivity contribution in [2.75, 3.05) is 6.61 Å². The van der Waals surface area contributed by atoms with Gasteiger partial charge in [0.25, 0.3) is 11.8 Å². The van der Waals surface area contributed by atoms with Crippen LogP contribution >= 0.6 is 11.6 Å². The Bertz CT molecular complexity index is 1000. The van der Waals surface area contributed by atoms with Crippen LogP contribution in [0.1, 0.15) is 16.1 Å². The van der Waals surface area contributed by atoms with Crippen LogP contribution < -0.4 is 15.6 Å². The molecule has 0 aliphatic rings. The van der Waals surface area contributed by atoms with Crippen molar-refractivity contribution in [3.05, 3.63) is 70.7 Å². The number of benzene rings is 2. The van der Waals surface area contributed by atoms with Crippen LogP contribution in [0.4, 0.5) is 4.39 Å². The van der Waals surface area contributed by atoms with Gasteiger partial charge in [-0.1, -0.05) is 35.0 Å². The molecular weight excluding hydrogens is 389 g/mol.